The largest absolute Gasteiger partial charge is 0.352 e. The number of carbonyl (C=O) groups is 1. The smallest absolute Gasteiger partial charge is 0.252 e. The third-order valence-electron chi connectivity index (χ3n) is 4.29. The first-order chi connectivity index (χ1) is 9.61. The van der Waals surface area contributed by atoms with Crippen molar-refractivity contribution in [1.82, 2.24) is 5.32 Å². The Morgan fingerprint density at radius 1 is 1.30 bits per heavy atom. The first-order valence-electron chi connectivity index (χ1n) is 7.34. The third-order valence-corrected chi connectivity index (χ3v) is 5.10. The molecule has 1 aromatic rings. The molecule has 0 saturated heterocycles. The van der Waals surface area contributed by atoms with Gasteiger partial charge in [-0.15, -0.1) is 0 Å². The Kier molecular flexibility index (Phi) is 5.58. The molecule has 0 spiro atoms. The number of hydrogen-bond acceptors (Lipinski definition) is 1. The summed E-state index contributed by atoms with van der Waals surface area (Å²) >= 11 is 3.13. The second-order valence-electron chi connectivity index (χ2n) is 5.61. The fourth-order valence-corrected chi connectivity index (χ4v) is 3.30. The summed E-state index contributed by atoms with van der Waals surface area (Å²) in [5.74, 6) is 0.823. The van der Waals surface area contributed by atoms with Gasteiger partial charge in [-0.1, -0.05) is 32.3 Å². The zero-order valence-corrected chi connectivity index (χ0v) is 13.4. The highest BCUT2D eigenvalue weighted by Gasteiger charge is 2.21. The molecule has 2 rings (SSSR count). The summed E-state index contributed by atoms with van der Waals surface area (Å²) in [6, 6.07) is 4.53. The highest BCUT2D eigenvalue weighted by molar-refractivity contribution is 9.10. The summed E-state index contributed by atoms with van der Waals surface area (Å²) in [4.78, 5) is 12.1. The molecular formula is C16H21BrFNO. The van der Waals surface area contributed by atoms with Crippen LogP contribution in [0.4, 0.5) is 4.39 Å². The lowest BCUT2D eigenvalue weighted by molar-refractivity contribution is 0.0940. The van der Waals surface area contributed by atoms with Crippen molar-refractivity contribution in [3.8, 4) is 0 Å². The number of rotatable bonds is 4. The minimum absolute atomic E-state index is 0.200. The van der Waals surface area contributed by atoms with Gasteiger partial charge in [0.15, 0.2) is 0 Å². The molecule has 0 unspecified atom stereocenters. The Hall–Kier alpha value is -0.900. The third kappa shape index (κ3) is 3.81. The Labute approximate surface area is 128 Å². The van der Waals surface area contributed by atoms with Crippen LogP contribution < -0.4 is 5.32 Å². The van der Waals surface area contributed by atoms with Gasteiger partial charge in [0.2, 0.25) is 0 Å². The summed E-state index contributed by atoms with van der Waals surface area (Å²) in [6.07, 6.45) is 6.16. The number of halogens is 2. The van der Waals surface area contributed by atoms with E-state index < -0.39 is 5.82 Å². The fraction of sp³-hybridized carbons (Fsp3) is 0.562. The summed E-state index contributed by atoms with van der Waals surface area (Å²) in [6.45, 7) is 2.94. The molecule has 0 bridgehead atoms. The first-order valence-corrected chi connectivity index (χ1v) is 8.13. The van der Waals surface area contributed by atoms with Gasteiger partial charge in [-0.2, -0.15) is 0 Å². The van der Waals surface area contributed by atoms with E-state index in [9.17, 15) is 9.18 Å². The van der Waals surface area contributed by atoms with E-state index in [0.717, 1.165) is 5.92 Å². The molecule has 1 saturated carbocycles. The van der Waals surface area contributed by atoms with Crippen LogP contribution in [0.5, 0.6) is 0 Å². The lowest BCUT2D eigenvalue weighted by Gasteiger charge is -2.27. The molecule has 0 aromatic heterocycles. The molecule has 0 aliphatic heterocycles. The molecule has 4 heteroatoms. The van der Waals surface area contributed by atoms with E-state index in [-0.39, 0.29) is 10.4 Å². The van der Waals surface area contributed by atoms with Crippen LogP contribution in [0.1, 0.15) is 49.4 Å². The van der Waals surface area contributed by atoms with Crippen LogP contribution in [0.15, 0.2) is 22.7 Å². The number of carbonyl (C=O) groups excluding carboxylic acids is 1. The van der Waals surface area contributed by atoms with Gasteiger partial charge in [0.1, 0.15) is 5.82 Å². The van der Waals surface area contributed by atoms with Crippen molar-refractivity contribution in [2.45, 2.75) is 39.0 Å². The molecule has 1 aliphatic carbocycles. The van der Waals surface area contributed by atoms with Gasteiger partial charge in [-0.25, -0.2) is 4.39 Å². The molecule has 110 valence electrons. The van der Waals surface area contributed by atoms with Crippen LogP contribution in [0.25, 0.3) is 0 Å². The molecule has 1 fully saturated rings. The minimum atomic E-state index is -0.402. The molecule has 1 aromatic carbocycles. The number of benzene rings is 1. The van der Waals surface area contributed by atoms with Gasteiger partial charge in [-0.05, 0) is 52.7 Å². The highest BCUT2D eigenvalue weighted by atomic mass is 79.9. The zero-order chi connectivity index (χ0) is 14.5. The Balaban J connectivity index is 1.85. The fourth-order valence-electron chi connectivity index (χ4n) is 2.86. The average Bonchev–Trinajstić information content (AvgIpc) is 2.48. The quantitative estimate of drug-likeness (QED) is 0.856. The second kappa shape index (κ2) is 7.21. The maximum absolute atomic E-state index is 13.4. The second-order valence-corrected chi connectivity index (χ2v) is 6.40. The van der Waals surface area contributed by atoms with Crippen LogP contribution in [0, 0.1) is 17.7 Å². The summed E-state index contributed by atoms with van der Waals surface area (Å²) in [7, 11) is 0. The maximum atomic E-state index is 13.4. The van der Waals surface area contributed by atoms with Gasteiger partial charge < -0.3 is 5.32 Å². The van der Waals surface area contributed by atoms with Crippen LogP contribution in [0.3, 0.4) is 0 Å². The van der Waals surface area contributed by atoms with Gasteiger partial charge in [0.25, 0.3) is 5.91 Å². The Bertz CT molecular complexity index is 470. The molecule has 0 atom stereocenters. The summed E-state index contributed by atoms with van der Waals surface area (Å²) < 4.78 is 13.6. The molecule has 1 aliphatic rings. The highest BCUT2D eigenvalue weighted by Crippen LogP contribution is 2.30. The van der Waals surface area contributed by atoms with E-state index in [4.69, 9.17) is 0 Å². The topological polar surface area (TPSA) is 29.1 Å². The van der Waals surface area contributed by atoms with Crippen LogP contribution in [-0.2, 0) is 0 Å². The monoisotopic (exact) mass is 341 g/mol. The van der Waals surface area contributed by atoms with Crippen molar-refractivity contribution >= 4 is 21.8 Å². The first kappa shape index (κ1) is 15.5. The molecule has 1 amide bonds. The van der Waals surface area contributed by atoms with E-state index in [1.54, 1.807) is 12.1 Å². The van der Waals surface area contributed by atoms with Crippen LogP contribution >= 0.6 is 15.9 Å². The van der Waals surface area contributed by atoms with Crippen LogP contribution in [0.2, 0.25) is 0 Å². The lowest BCUT2D eigenvalue weighted by atomic mass is 9.81. The van der Waals surface area contributed by atoms with Crippen molar-refractivity contribution in [3.63, 3.8) is 0 Å². The van der Waals surface area contributed by atoms with Gasteiger partial charge in [0, 0.05) is 6.54 Å². The SMILES string of the molecule is CCC1CCC(CNC(=O)c2cccc(F)c2Br)CC1. The Morgan fingerprint density at radius 2 is 1.95 bits per heavy atom. The molecular weight excluding hydrogens is 321 g/mol. The maximum Gasteiger partial charge on any atom is 0.252 e. The molecule has 20 heavy (non-hydrogen) atoms. The van der Waals surface area contributed by atoms with Crippen molar-refractivity contribution in [1.29, 1.82) is 0 Å². The minimum Gasteiger partial charge on any atom is -0.352 e. The molecule has 2 nitrogen and oxygen atoms in total. The Morgan fingerprint density at radius 3 is 2.60 bits per heavy atom. The van der Waals surface area contributed by atoms with Crippen LogP contribution in [-0.4, -0.2) is 12.5 Å². The van der Waals surface area contributed by atoms with Gasteiger partial charge in [0.05, 0.1) is 10.0 Å². The number of hydrogen-bond donors (Lipinski definition) is 1. The van der Waals surface area contributed by atoms with Crippen molar-refractivity contribution in [2.24, 2.45) is 11.8 Å². The standard InChI is InChI=1S/C16H21BrFNO/c1-2-11-6-8-12(9-7-11)10-19-16(20)13-4-3-5-14(18)15(13)17/h3-5,11-12H,2,6-10H2,1H3,(H,19,20). The van der Waals surface area contributed by atoms with Gasteiger partial charge >= 0.3 is 0 Å². The predicted molar refractivity (Wildman–Crippen MR) is 82.2 cm³/mol. The zero-order valence-electron chi connectivity index (χ0n) is 11.8. The molecule has 0 heterocycles. The summed E-state index contributed by atoms with van der Waals surface area (Å²) in [5, 5.41) is 2.93. The number of nitrogens with one attached hydrogen (secondary N) is 1. The lowest BCUT2D eigenvalue weighted by Crippen LogP contribution is -2.31. The van der Waals surface area contributed by atoms with E-state index in [0.29, 0.717) is 18.0 Å². The molecule has 0 radical (unpaired) electrons. The van der Waals surface area contributed by atoms with E-state index in [1.807, 2.05) is 0 Å². The van der Waals surface area contributed by atoms with E-state index in [1.165, 1.54) is 38.2 Å². The van der Waals surface area contributed by atoms with E-state index in [2.05, 4.69) is 28.2 Å². The molecule has 1 N–H and O–H groups in total. The van der Waals surface area contributed by atoms with Crippen molar-refractivity contribution in [2.75, 3.05) is 6.54 Å². The number of amides is 1. The normalized spacial score (nSPS) is 22.6. The average molecular weight is 342 g/mol. The van der Waals surface area contributed by atoms with E-state index >= 15 is 0 Å². The summed E-state index contributed by atoms with van der Waals surface area (Å²) in [5.41, 5.74) is 0.368. The van der Waals surface area contributed by atoms with Crippen molar-refractivity contribution < 1.29 is 9.18 Å². The predicted octanol–water partition coefficient (Wildman–Crippen LogP) is 4.53. The van der Waals surface area contributed by atoms with Crippen molar-refractivity contribution in [3.05, 3.63) is 34.1 Å². The van der Waals surface area contributed by atoms with Gasteiger partial charge in [-0.3, -0.25) is 4.79 Å².